The number of rotatable bonds is 6. The van der Waals surface area contributed by atoms with Gasteiger partial charge in [-0.1, -0.05) is 30.3 Å². The van der Waals surface area contributed by atoms with Crippen LogP contribution < -0.4 is 0 Å². The molecular formula is C19H27N3O. The highest BCUT2D eigenvalue weighted by Crippen LogP contribution is 2.34. The standard InChI is InChI=1S/C19H27N3O/c1-21-13-18(12-20-21)14-22-11-5-9-19(15-22,16-23)10-8-17-6-3-2-4-7-17/h2-4,6-7,12-13,23H,5,8-11,14-16H2,1H3. The maximum Gasteiger partial charge on any atom is 0.0534 e. The molecule has 2 heterocycles. The van der Waals surface area contributed by atoms with Crippen molar-refractivity contribution in [1.82, 2.24) is 14.7 Å². The third-order valence-corrected chi connectivity index (χ3v) is 5.03. The summed E-state index contributed by atoms with van der Waals surface area (Å²) in [7, 11) is 1.96. The van der Waals surface area contributed by atoms with Crippen LogP contribution in [-0.2, 0) is 20.0 Å². The number of hydrogen-bond acceptors (Lipinski definition) is 3. The molecule has 1 aliphatic rings. The molecule has 4 heteroatoms. The lowest BCUT2D eigenvalue weighted by Gasteiger charge is -2.42. The molecule has 0 bridgehead atoms. The highest BCUT2D eigenvalue weighted by molar-refractivity contribution is 5.15. The maximum absolute atomic E-state index is 10.1. The number of likely N-dealkylation sites (tertiary alicyclic amines) is 1. The van der Waals surface area contributed by atoms with Gasteiger partial charge in [0.05, 0.1) is 6.20 Å². The first-order chi connectivity index (χ1) is 11.2. The van der Waals surface area contributed by atoms with Gasteiger partial charge in [-0.25, -0.2) is 0 Å². The molecule has 1 N–H and O–H groups in total. The van der Waals surface area contributed by atoms with Gasteiger partial charge in [0.15, 0.2) is 0 Å². The largest absolute Gasteiger partial charge is 0.396 e. The first-order valence-corrected chi connectivity index (χ1v) is 8.54. The Morgan fingerprint density at radius 1 is 1.22 bits per heavy atom. The van der Waals surface area contributed by atoms with Crippen LogP contribution in [0.3, 0.4) is 0 Å². The van der Waals surface area contributed by atoms with Crippen molar-refractivity contribution in [3.63, 3.8) is 0 Å². The minimum absolute atomic E-state index is 0.0380. The third kappa shape index (κ3) is 4.21. The molecule has 1 aromatic heterocycles. The van der Waals surface area contributed by atoms with Crippen molar-refractivity contribution in [3.8, 4) is 0 Å². The van der Waals surface area contributed by atoms with Gasteiger partial charge in [-0.15, -0.1) is 0 Å². The van der Waals surface area contributed by atoms with E-state index >= 15 is 0 Å². The normalized spacial score (nSPS) is 22.3. The van der Waals surface area contributed by atoms with Gasteiger partial charge in [0.2, 0.25) is 0 Å². The summed E-state index contributed by atoms with van der Waals surface area (Å²) in [5, 5.41) is 14.3. The molecule has 1 atom stereocenters. The van der Waals surface area contributed by atoms with Gasteiger partial charge in [0, 0.05) is 43.9 Å². The predicted molar refractivity (Wildman–Crippen MR) is 92.0 cm³/mol. The Morgan fingerprint density at radius 3 is 2.74 bits per heavy atom. The molecule has 0 aliphatic carbocycles. The third-order valence-electron chi connectivity index (χ3n) is 5.03. The number of aromatic nitrogens is 2. The van der Waals surface area contributed by atoms with Crippen LogP contribution in [0.5, 0.6) is 0 Å². The van der Waals surface area contributed by atoms with E-state index in [0.29, 0.717) is 0 Å². The van der Waals surface area contributed by atoms with Crippen molar-refractivity contribution in [2.45, 2.75) is 32.2 Å². The number of aliphatic hydroxyl groups excluding tert-OH is 1. The lowest BCUT2D eigenvalue weighted by Crippen LogP contribution is -2.45. The van der Waals surface area contributed by atoms with Gasteiger partial charge < -0.3 is 5.11 Å². The monoisotopic (exact) mass is 313 g/mol. The topological polar surface area (TPSA) is 41.3 Å². The SMILES string of the molecule is Cn1cc(CN2CCCC(CO)(CCc3ccccc3)C2)cn1. The fraction of sp³-hybridized carbons (Fsp3) is 0.526. The smallest absolute Gasteiger partial charge is 0.0534 e. The van der Waals surface area contributed by atoms with Crippen LogP contribution in [0.25, 0.3) is 0 Å². The molecule has 0 saturated carbocycles. The van der Waals surface area contributed by atoms with Crippen LogP contribution >= 0.6 is 0 Å². The highest BCUT2D eigenvalue weighted by Gasteiger charge is 2.34. The van der Waals surface area contributed by atoms with Crippen LogP contribution in [0.15, 0.2) is 42.7 Å². The molecule has 0 spiro atoms. The zero-order valence-electron chi connectivity index (χ0n) is 14.0. The number of aliphatic hydroxyl groups is 1. The van der Waals surface area contributed by atoms with E-state index in [1.165, 1.54) is 11.1 Å². The molecule has 124 valence electrons. The molecule has 1 aromatic carbocycles. The van der Waals surface area contributed by atoms with Crippen molar-refractivity contribution in [1.29, 1.82) is 0 Å². The Labute approximate surface area is 138 Å². The Morgan fingerprint density at radius 2 is 2.04 bits per heavy atom. The van der Waals surface area contributed by atoms with E-state index in [9.17, 15) is 5.11 Å². The number of aryl methyl sites for hydroxylation is 2. The second kappa shape index (κ2) is 7.28. The summed E-state index contributed by atoms with van der Waals surface area (Å²) >= 11 is 0. The summed E-state index contributed by atoms with van der Waals surface area (Å²) in [4.78, 5) is 2.47. The molecule has 0 amide bonds. The average Bonchev–Trinajstić information content (AvgIpc) is 2.99. The molecular weight excluding hydrogens is 286 g/mol. The summed E-state index contributed by atoms with van der Waals surface area (Å²) < 4.78 is 1.86. The van der Waals surface area contributed by atoms with Crippen molar-refractivity contribution in [3.05, 3.63) is 53.9 Å². The van der Waals surface area contributed by atoms with Crippen molar-refractivity contribution in [2.75, 3.05) is 19.7 Å². The minimum atomic E-state index is 0.0380. The molecule has 1 saturated heterocycles. The van der Waals surface area contributed by atoms with Gasteiger partial charge in [0.25, 0.3) is 0 Å². The number of hydrogen-bond donors (Lipinski definition) is 1. The van der Waals surface area contributed by atoms with E-state index in [-0.39, 0.29) is 12.0 Å². The van der Waals surface area contributed by atoms with Gasteiger partial charge in [-0.05, 0) is 37.8 Å². The Bertz CT molecular complexity index is 610. The van der Waals surface area contributed by atoms with Crippen molar-refractivity contribution >= 4 is 0 Å². The van der Waals surface area contributed by atoms with E-state index in [2.05, 4.69) is 46.5 Å². The molecule has 3 rings (SSSR count). The maximum atomic E-state index is 10.1. The van der Waals surface area contributed by atoms with Crippen molar-refractivity contribution in [2.24, 2.45) is 12.5 Å². The number of piperidine rings is 1. The van der Waals surface area contributed by atoms with Gasteiger partial charge >= 0.3 is 0 Å². The van der Waals surface area contributed by atoms with Crippen LogP contribution in [0.2, 0.25) is 0 Å². The number of benzene rings is 1. The lowest BCUT2D eigenvalue weighted by atomic mass is 9.76. The van der Waals surface area contributed by atoms with E-state index in [4.69, 9.17) is 0 Å². The zero-order chi connectivity index (χ0) is 16.1. The quantitative estimate of drug-likeness (QED) is 0.891. The molecule has 0 radical (unpaired) electrons. The number of nitrogens with zero attached hydrogens (tertiary/aromatic N) is 3. The van der Waals surface area contributed by atoms with Gasteiger partial charge in [-0.3, -0.25) is 9.58 Å². The molecule has 2 aromatic rings. The van der Waals surface area contributed by atoms with Gasteiger partial charge in [-0.2, -0.15) is 5.10 Å². The van der Waals surface area contributed by atoms with Crippen LogP contribution in [-0.4, -0.2) is 39.5 Å². The fourth-order valence-corrected chi connectivity index (χ4v) is 3.72. The van der Waals surface area contributed by atoms with Gasteiger partial charge in [0.1, 0.15) is 0 Å². The van der Waals surface area contributed by atoms with E-state index in [1.807, 2.05) is 17.9 Å². The summed E-state index contributed by atoms with van der Waals surface area (Å²) in [6, 6.07) is 10.6. The second-order valence-corrected chi connectivity index (χ2v) is 6.98. The first kappa shape index (κ1) is 16.2. The van der Waals surface area contributed by atoms with Crippen LogP contribution in [0, 0.1) is 5.41 Å². The predicted octanol–water partition coefficient (Wildman–Crippen LogP) is 2.63. The van der Waals surface area contributed by atoms with Crippen molar-refractivity contribution < 1.29 is 5.11 Å². The summed E-state index contributed by atoms with van der Waals surface area (Å²) in [5.74, 6) is 0. The Kier molecular flexibility index (Phi) is 5.13. The minimum Gasteiger partial charge on any atom is -0.396 e. The molecule has 1 aliphatic heterocycles. The first-order valence-electron chi connectivity index (χ1n) is 8.54. The fourth-order valence-electron chi connectivity index (χ4n) is 3.72. The summed E-state index contributed by atoms with van der Waals surface area (Å²) in [6.45, 7) is 3.30. The second-order valence-electron chi connectivity index (χ2n) is 6.98. The zero-order valence-corrected chi connectivity index (χ0v) is 14.0. The van der Waals surface area contributed by atoms with E-state index in [1.54, 1.807) is 0 Å². The van der Waals surface area contributed by atoms with E-state index in [0.717, 1.165) is 45.3 Å². The highest BCUT2D eigenvalue weighted by atomic mass is 16.3. The molecule has 1 unspecified atom stereocenters. The summed E-state index contributed by atoms with van der Waals surface area (Å²) in [6.07, 6.45) is 8.41. The summed E-state index contributed by atoms with van der Waals surface area (Å²) in [5.41, 5.74) is 2.66. The molecule has 4 nitrogen and oxygen atoms in total. The molecule has 1 fully saturated rings. The molecule has 23 heavy (non-hydrogen) atoms. The Balaban J connectivity index is 1.61. The Hall–Kier alpha value is -1.65. The average molecular weight is 313 g/mol. The van der Waals surface area contributed by atoms with Crippen LogP contribution in [0.4, 0.5) is 0 Å². The lowest BCUT2D eigenvalue weighted by molar-refractivity contribution is 0.0224. The van der Waals surface area contributed by atoms with Crippen LogP contribution in [0.1, 0.15) is 30.4 Å². The van der Waals surface area contributed by atoms with E-state index < -0.39 is 0 Å².